The third-order valence-corrected chi connectivity index (χ3v) is 4.89. The molecule has 0 radical (unpaired) electrons. The average Bonchev–Trinajstić information content (AvgIpc) is 2.85. The second-order valence-electron chi connectivity index (χ2n) is 6.28. The maximum absolute atomic E-state index is 13.4. The van der Waals surface area contributed by atoms with E-state index >= 15 is 0 Å². The molecular formula is C19H19N3O5. The number of para-hydroxylation sites is 1. The van der Waals surface area contributed by atoms with Gasteiger partial charge in [-0.3, -0.25) is 10.2 Å². The van der Waals surface area contributed by atoms with Gasteiger partial charge >= 0.3 is 5.97 Å². The number of hydrogen-bond donors (Lipinski definition) is 1. The number of esters is 1. The van der Waals surface area contributed by atoms with Crippen molar-refractivity contribution in [3.8, 4) is 6.07 Å². The van der Waals surface area contributed by atoms with Crippen molar-refractivity contribution in [1.29, 1.82) is 10.7 Å². The first-order chi connectivity index (χ1) is 12.9. The molecule has 1 spiro atoms. The summed E-state index contributed by atoms with van der Waals surface area (Å²) >= 11 is 0. The normalized spacial score (nSPS) is 23.9. The number of benzene rings is 1. The molecule has 8 heteroatoms. The Labute approximate surface area is 156 Å². The van der Waals surface area contributed by atoms with Gasteiger partial charge in [-0.25, -0.2) is 4.79 Å². The number of amides is 1. The molecule has 0 aromatic heterocycles. The van der Waals surface area contributed by atoms with E-state index in [0.717, 1.165) is 0 Å². The molecule has 0 aliphatic carbocycles. The van der Waals surface area contributed by atoms with Crippen molar-refractivity contribution < 1.29 is 23.8 Å². The first kappa shape index (κ1) is 18.6. The number of hydrogen-bond acceptors (Lipinski definition) is 7. The number of nitrogens with zero attached hydrogens (tertiary/aromatic N) is 2. The molecule has 0 bridgehead atoms. The third-order valence-electron chi connectivity index (χ3n) is 4.89. The van der Waals surface area contributed by atoms with Crippen molar-refractivity contribution in [1.82, 2.24) is 0 Å². The largest absolute Gasteiger partial charge is 0.460 e. The second-order valence-corrected chi connectivity index (χ2v) is 6.28. The van der Waals surface area contributed by atoms with Gasteiger partial charge in [-0.15, -0.1) is 0 Å². The molecule has 3 rings (SSSR count). The number of carbonyl (C=O) groups is 2. The molecule has 1 aromatic carbocycles. The van der Waals surface area contributed by atoms with Crippen LogP contribution in [-0.4, -0.2) is 45.1 Å². The van der Waals surface area contributed by atoms with Gasteiger partial charge in [0.1, 0.15) is 23.7 Å². The lowest BCUT2D eigenvalue weighted by molar-refractivity contribution is -0.143. The molecular weight excluding hydrogens is 350 g/mol. The van der Waals surface area contributed by atoms with Crippen LogP contribution >= 0.6 is 0 Å². The van der Waals surface area contributed by atoms with Crippen LogP contribution in [-0.2, 0) is 29.2 Å². The van der Waals surface area contributed by atoms with E-state index in [-0.39, 0.29) is 30.4 Å². The molecule has 0 saturated carbocycles. The van der Waals surface area contributed by atoms with E-state index in [1.54, 1.807) is 31.3 Å². The van der Waals surface area contributed by atoms with Crippen LogP contribution < -0.4 is 4.90 Å². The third kappa shape index (κ3) is 2.51. The summed E-state index contributed by atoms with van der Waals surface area (Å²) in [5, 5.41) is 17.9. The van der Waals surface area contributed by atoms with E-state index < -0.39 is 23.2 Å². The van der Waals surface area contributed by atoms with Gasteiger partial charge < -0.3 is 19.1 Å². The van der Waals surface area contributed by atoms with Crippen molar-refractivity contribution in [2.24, 2.45) is 5.92 Å². The highest BCUT2D eigenvalue weighted by atomic mass is 16.6. The standard InChI is InChI=1S/C19H19N3O5/c1-11-15(17(23)26-9-8-25-3)19(13(10-20)16(21)27-11)12-6-4-5-7-14(12)22(2)18(19)24/h4-7,13,21H,8-9H2,1-3H3. The van der Waals surface area contributed by atoms with Crippen molar-refractivity contribution in [2.45, 2.75) is 12.3 Å². The summed E-state index contributed by atoms with van der Waals surface area (Å²) in [5.74, 6) is -2.82. The van der Waals surface area contributed by atoms with Crippen molar-refractivity contribution in [2.75, 3.05) is 32.3 Å². The smallest absolute Gasteiger partial charge is 0.339 e. The molecule has 140 valence electrons. The molecule has 0 saturated heterocycles. The van der Waals surface area contributed by atoms with E-state index in [2.05, 4.69) is 0 Å². The van der Waals surface area contributed by atoms with E-state index in [9.17, 15) is 14.9 Å². The minimum atomic E-state index is -1.68. The molecule has 2 aliphatic heterocycles. The van der Waals surface area contributed by atoms with Gasteiger partial charge in [-0.2, -0.15) is 5.26 Å². The predicted molar refractivity (Wildman–Crippen MR) is 95.0 cm³/mol. The minimum absolute atomic E-state index is 0.0114. The molecule has 2 aliphatic rings. The quantitative estimate of drug-likeness (QED) is 0.636. The lowest BCUT2D eigenvalue weighted by Crippen LogP contribution is -2.53. The molecule has 0 fully saturated rings. The monoisotopic (exact) mass is 369 g/mol. The highest BCUT2D eigenvalue weighted by Crippen LogP contribution is 2.53. The molecule has 1 aromatic rings. The Hall–Kier alpha value is -3.18. The van der Waals surface area contributed by atoms with Crippen molar-refractivity contribution in [3.63, 3.8) is 0 Å². The predicted octanol–water partition coefficient (Wildman–Crippen LogP) is 1.51. The lowest BCUT2D eigenvalue weighted by atomic mass is 9.64. The van der Waals surface area contributed by atoms with Crippen LogP contribution in [0.3, 0.4) is 0 Å². The van der Waals surface area contributed by atoms with Crippen LogP contribution in [0.25, 0.3) is 0 Å². The SMILES string of the molecule is COCCOC(=O)C1=C(C)OC(=N)C(C#N)C12C(=O)N(C)c1ccccc12. The van der Waals surface area contributed by atoms with Gasteiger partial charge in [-0.1, -0.05) is 18.2 Å². The van der Waals surface area contributed by atoms with Crippen LogP contribution in [0.1, 0.15) is 12.5 Å². The number of anilines is 1. The summed E-state index contributed by atoms with van der Waals surface area (Å²) in [6.07, 6.45) is 0. The fourth-order valence-corrected chi connectivity index (χ4v) is 3.75. The maximum atomic E-state index is 13.4. The van der Waals surface area contributed by atoms with Crippen LogP contribution in [0.15, 0.2) is 35.6 Å². The van der Waals surface area contributed by atoms with Gasteiger partial charge in [0.15, 0.2) is 0 Å². The van der Waals surface area contributed by atoms with Crippen LogP contribution in [0.2, 0.25) is 0 Å². The molecule has 2 atom stereocenters. The fourth-order valence-electron chi connectivity index (χ4n) is 3.75. The Morgan fingerprint density at radius 3 is 2.78 bits per heavy atom. The van der Waals surface area contributed by atoms with Gasteiger partial charge in [0.25, 0.3) is 0 Å². The summed E-state index contributed by atoms with van der Waals surface area (Å²) in [6.45, 7) is 1.67. The van der Waals surface area contributed by atoms with Crippen molar-refractivity contribution in [3.05, 3.63) is 41.2 Å². The van der Waals surface area contributed by atoms with Crippen LogP contribution in [0.4, 0.5) is 5.69 Å². The van der Waals surface area contributed by atoms with E-state index in [4.69, 9.17) is 19.6 Å². The topological polar surface area (TPSA) is 113 Å². The highest BCUT2D eigenvalue weighted by molar-refractivity contribution is 6.18. The van der Waals surface area contributed by atoms with Crippen LogP contribution in [0, 0.1) is 22.7 Å². The number of methoxy groups -OCH3 is 1. The zero-order valence-corrected chi connectivity index (χ0v) is 15.2. The van der Waals surface area contributed by atoms with Gasteiger partial charge in [0.2, 0.25) is 11.8 Å². The first-order valence-electron chi connectivity index (χ1n) is 8.32. The second kappa shape index (κ2) is 6.85. The summed E-state index contributed by atoms with van der Waals surface area (Å²) in [7, 11) is 3.05. The molecule has 8 nitrogen and oxygen atoms in total. The van der Waals surface area contributed by atoms with E-state index in [1.807, 2.05) is 6.07 Å². The lowest BCUT2D eigenvalue weighted by Gasteiger charge is -2.38. The molecule has 2 unspecified atom stereocenters. The summed E-state index contributed by atoms with van der Waals surface area (Å²) in [4.78, 5) is 27.7. The average molecular weight is 369 g/mol. The number of fused-ring (bicyclic) bond motifs is 2. The first-order valence-corrected chi connectivity index (χ1v) is 8.32. The van der Waals surface area contributed by atoms with Crippen LogP contribution in [0.5, 0.6) is 0 Å². The highest BCUT2D eigenvalue weighted by Gasteiger charge is 2.64. The molecule has 27 heavy (non-hydrogen) atoms. The Morgan fingerprint density at radius 2 is 2.11 bits per heavy atom. The Kier molecular flexibility index (Phi) is 4.72. The van der Waals surface area contributed by atoms with E-state index in [0.29, 0.717) is 11.3 Å². The van der Waals surface area contributed by atoms with E-state index in [1.165, 1.54) is 18.9 Å². The molecule has 2 heterocycles. The Bertz CT molecular complexity index is 901. The number of nitriles is 1. The minimum Gasteiger partial charge on any atom is -0.460 e. The van der Waals surface area contributed by atoms with Gasteiger partial charge in [-0.05, 0) is 18.6 Å². The van der Waals surface area contributed by atoms with Gasteiger partial charge in [0.05, 0.1) is 18.2 Å². The number of ether oxygens (including phenoxy) is 3. The number of allylic oxidation sites excluding steroid dienone is 1. The zero-order chi connectivity index (χ0) is 19.8. The summed E-state index contributed by atoms with van der Waals surface area (Å²) in [5.41, 5.74) is -0.672. The summed E-state index contributed by atoms with van der Waals surface area (Å²) in [6, 6.07) is 8.90. The number of carbonyl (C=O) groups excluding carboxylic acids is 2. The summed E-state index contributed by atoms with van der Waals surface area (Å²) < 4.78 is 15.5. The maximum Gasteiger partial charge on any atom is 0.339 e. The zero-order valence-electron chi connectivity index (χ0n) is 15.2. The number of likely N-dealkylation sites (N-methyl/N-ethyl adjacent to an activating group) is 1. The number of nitrogens with one attached hydrogen (secondary N) is 1. The number of rotatable bonds is 4. The van der Waals surface area contributed by atoms with Crippen molar-refractivity contribution >= 4 is 23.5 Å². The van der Waals surface area contributed by atoms with Gasteiger partial charge in [0, 0.05) is 19.8 Å². The fraction of sp³-hybridized carbons (Fsp3) is 0.368. The Balaban J connectivity index is 2.26. The molecule has 1 N–H and O–H groups in total. The molecule has 1 amide bonds. The Morgan fingerprint density at radius 1 is 1.41 bits per heavy atom.